The average molecular weight is 399 g/mol. The van der Waals surface area contributed by atoms with Crippen LogP contribution in [0.4, 0.5) is 0 Å². The molecule has 1 aromatic heterocycles. The summed E-state index contributed by atoms with van der Waals surface area (Å²) in [6.45, 7) is 2.27. The highest BCUT2D eigenvalue weighted by molar-refractivity contribution is 7.89. The predicted octanol–water partition coefficient (Wildman–Crippen LogP) is 2.13. The standard InChI is InChI=1S/C17H22N2O5S2/c1-12-10-16(12)17-9-4-13(24-17)11-19(3)26(22,23)15-7-5-14(6-8-15)25(20,21)18-2/h4-9,12,16,18H,10-11H2,1-3H3/t12-,16-/m1/s1. The number of nitrogens with zero attached hydrogens (tertiary/aromatic N) is 1. The monoisotopic (exact) mass is 398 g/mol. The minimum atomic E-state index is -3.75. The van der Waals surface area contributed by atoms with Crippen molar-refractivity contribution in [2.75, 3.05) is 14.1 Å². The maximum Gasteiger partial charge on any atom is 0.243 e. The molecule has 0 bridgehead atoms. The van der Waals surface area contributed by atoms with Gasteiger partial charge < -0.3 is 4.42 Å². The van der Waals surface area contributed by atoms with Gasteiger partial charge in [0.2, 0.25) is 20.0 Å². The summed E-state index contributed by atoms with van der Waals surface area (Å²) in [4.78, 5) is 0.0356. The third kappa shape index (κ3) is 3.71. The van der Waals surface area contributed by atoms with Gasteiger partial charge in [0.05, 0.1) is 16.3 Å². The Hall–Kier alpha value is -1.68. The first-order valence-corrected chi connectivity index (χ1v) is 11.2. The molecule has 1 aliphatic rings. The van der Waals surface area contributed by atoms with Gasteiger partial charge in [-0.05, 0) is 55.8 Å². The van der Waals surface area contributed by atoms with Gasteiger partial charge in [0, 0.05) is 13.0 Å². The molecular formula is C17H22N2O5S2. The summed E-state index contributed by atoms with van der Waals surface area (Å²) in [5, 5.41) is 0. The zero-order valence-electron chi connectivity index (χ0n) is 14.8. The Morgan fingerprint density at radius 1 is 1.08 bits per heavy atom. The SMILES string of the molecule is CNS(=O)(=O)c1ccc(S(=O)(=O)N(C)Cc2ccc([C@@H]3C[C@H]3C)o2)cc1. The van der Waals surface area contributed by atoms with Gasteiger partial charge in [-0.1, -0.05) is 6.92 Å². The molecule has 0 unspecified atom stereocenters. The summed E-state index contributed by atoms with van der Waals surface area (Å²) in [6.07, 6.45) is 1.10. The number of hydrogen-bond acceptors (Lipinski definition) is 5. The van der Waals surface area contributed by atoms with Crippen LogP contribution < -0.4 is 4.72 Å². The molecule has 1 heterocycles. The zero-order valence-corrected chi connectivity index (χ0v) is 16.5. The lowest BCUT2D eigenvalue weighted by atomic mass is 10.3. The van der Waals surface area contributed by atoms with Gasteiger partial charge in [-0.2, -0.15) is 4.31 Å². The first-order chi connectivity index (χ1) is 12.1. The Kier molecular flexibility index (Phi) is 5.00. The summed E-state index contributed by atoms with van der Waals surface area (Å²) in [5.41, 5.74) is 0. The molecule has 142 valence electrons. The van der Waals surface area contributed by atoms with Gasteiger partial charge in [0.15, 0.2) is 0 Å². The molecule has 2 atom stereocenters. The van der Waals surface area contributed by atoms with Crippen LogP contribution in [0.15, 0.2) is 50.6 Å². The third-order valence-corrected chi connectivity index (χ3v) is 7.89. The minimum absolute atomic E-state index is 0.0100. The van der Waals surface area contributed by atoms with Gasteiger partial charge in [0.1, 0.15) is 11.5 Å². The van der Waals surface area contributed by atoms with Crippen molar-refractivity contribution in [3.8, 4) is 0 Å². The molecule has 9 heteroatoms. The van der Waals surface area contributed by atoms with E-state index in [1.165, 1.54) is 42.7 Å². The van der Waals surface area contributed by atoms with Gasteiger partial charge in [-0.3, -0.25) is 0 Å². The lowest BCUT2D eigenvalue weighted by Crippen LogP contribution is -2.26. The first kappa shape index (κ1) is 19.1. The van der Waals surface area contributed by atoms with E-state index in [4.69, 9.17) is 4.42 Å². The first-order valence-electron chi connectivity index (χ1n) is 8.23. The van der Waals surface area contributed by atoms with Crippen molar-refractivity contribution in [1.29, 1.82) is 0 Å². The second-order valence-corrected chi connectivity index (χ2v) is 10.5. The van der Waals surface area contributed by atoms with Crippen LogP contribution in [0.3, 0.4) is 0 Å². The lowest BCUT2D eigenvalue weighted by Gasteiger charge is -2.16. The van der Waals surface area contributed by atoms with Crippen LogP contribution in [0.1, 0.15) is 30.8 Å². The van der Waals surface area contributed by atoms with Crippen LogP contribution in [-0.2, 0) is 26.6 Å². The molecule has 2 aromatic rings. The Morgan fingerprint density at radius 2 is 1.65 bits per heavy atom. The zero-order chi connectivity index (χ0) is 19.1. The lowest BCUT2D eigenvalue weighted by molar-refractivity contribution is 0.390. The molecule has 1 aromatic carbocycles. The highest BCUT2D eigenvalue weighted by Crippen LogP contribution is 2.47. The number of rotatable bonds is 7. The predicted molar refractivity (Wildman–Crippen MR) is 96.6 cm³/mol. The normalized spacial score (nSPS) is 20.5. The van der Waals surface area contributed by atoms with E-state index in [1.54, 1.807) is 6.07 Å². The smallest absolute Gasteiger partial charge is 0.243 e. The average Bonchev–Trinajstić information content (AvgIpc) is 3.16. The molecule has 0 radical (unpaired) electrons. The number of furan rings is 1. The molecular weight excluding hydrogens is 376 g/mol. The van der Waals surface area contributed by atoms with Crippen molar-refractivity contribution < 1.29 is 21.3 Å². The van der Waals surface area contributed by atoms with Crippen molar-refractivity contribution in [3.05, 3.63) is 47.9 Å². The molecule has 0 saturated heterocycles. The molecule has 1 aliphatic carbocycles. The highest BCUT2D eigenvalue weighted by atomic mass is 32.2. The van der Waals surface area contributed by atoms with Gasteiger partial charge >= 0.3 is 0 Å². The second kappa shape index (κ2) is 6.80. The van der Waals surface area contributed by atoms with E-state index < -0.39 is 20.0 Å². The molecule has 0 amide bonds. The Morgan fingerprint density at radius 3 is 2.19 bits per heavy atom. The van der Waals surface area contributed by atoms with Crippen LogP contribution in [0.5, 0.6) is 0 Å². The summed E-state index contributed by atoms with van der Waals surface area (Å²) in [7, 11) is -4.59. The molecule has 26 heavy (non-hydrogen) atoms. The van der Waals surface area contributed by atoms with E-state index in [-0.39, 0.29) is 16.3 Å². The molecule has 3 rings (SSSR count). The highest BCUT2D eigenvalue weighted by Gasteiger charge is 2.36. The molecule has 1 N–H and O–H groups in total. The molecule has 7 nitrogen and oxygen atoms in total. The van der Waals surface area contributed by atoms with Crippen molar-refractivity contribution in [3.63, 3.8) is 0 Å². The topological polar surface area (TPSA) is 96.7 Å². The molecule has 1 fully saturated rings. The molecule has 0 spiro atoms. The fourth-order valence-corrected chi connectivity index (χ4v) is 4.66. The van der Waals surface area contributed by atoms with Crippen LogP contribution in [0, 0.1) is 5.92 Å². The summed E-state index contributed by atoms with van der Waals surface area (Å²) in [6, 6.07) is 8.82. The van der Waals surface area contributed by atoms with Crippen LogP contribution >= 0.6 is 0 Å². The Bertz CT molecular complexity index is 994. The largest absolute Gasteiger partial charge is 0.464 e. The van der Waals surface area contributed by atoms with Crippen molar-refractivity contribution in [2.24, 2.45) is 5.92 Å². The van der Waals surface area contributed by atoms with Crippen LogP contribution in [-0.4, -0.2) is 35.2 Å². The van der Waals surface area contributed by atoms with E-state index in [0.29, 0.717) is 17.6 Å². The maximum atomic E-state index is 12.7. The summed E-state index contributed by atoms with van der Waals surface area (Å²) in [5.74, 6) is 2.54. The van der Waals surface area contributed by atoms with E-state index in [0.717, 1.165) is 12.2 Å². The number of benzene rings is 1. The summed E-state index contributed by atoms with van der Waals surface area (Å²) >= 11 is 0. The number of hydrogen-bond donors (Lipinski definition) is 1. The van der Waals surface area contributed by atoms with E-state index >= 15 is 0 Å². The van der Waals surface area contributed by atoms with Crippen molar-refractivity contribution in [1.82, 2.24) is 9.03 Å². The fourth-order valence-electron chi connectivity index (χ4n) is 2.79. The van der Waals surface area contributed by atoms with Gasteiger partial charge in [0.25, 0.3) is 0 Å². The quantitative estimate of drug-likeness (QED) is 0.771. The fraction of sp³-hybridized carbons (Fsp3) is 0.412. The Balaban J connectivity index is 1.75. The second-order valence-electron chi connectivity index (χ2n) is 6.56. The number of sulfonamides is 2. The van der Waals surface area contributed by atoms with Gasteiger partial charge in [-0.15, -0.1) is 0 Å². The molecule has 0 aliphatic heterocycles. The van der Waals surface area contributed by atoms with E-state index in [9.17, 15) is 16.8 Å². The Labute approximate surface area is 154 Å². The maximum absolute atomic E-state index is 12.7. The van der Waals surface area contributed by atoms with Crippen LogP contribution in [0.25, 0.3) is 0 Å². The summed E-state index contributed by atoms with van der Waals surface area (Å²) < 4.78 is 58.0. The molecule has 1 saturated carbocycles. The number of nitrogens with one attached hydrogen (secondary N) is 1. The van der Waals surface area contributed by atoms with Gasteiger partial charge in [-0.25, -0.2) is 21.6 Å². The van der Waals surface area contributed by atoms with Crippen molar-refractivity contribution in [2.45, 2.75) is 35.6 Å². The van der Waals surface area contributed by atoms with Crippen LogP contribution in [0.2, 0.25) is 0 Å². The minimum Gasteiger partial charge on any atom is -0.464 e. The van der Waals surface area contributed by atoms with E-state index in [1.807, 2.05) is 6.07 Å². The third-order valence-electron chi connectivity index (χ3n) is 4.65. The van der Waals surface area contributed by atoms with Crippen molar-refractivity contribution >= 4 is 20.0 Å². The van der Waals surface area contributed by atoms with E-state index in [2.05, 4.69) is 11.6 Å².